The molecule has 1 heterocycles. The van der Waals surface area contributed by atoms with Crippen LogP contribution in [0, 0.1) is 5.92 Å². The molecule has 4 heteroatoms. The van der Waals surface area contributed by atoms with Crippen molar-refractivity contribution >= 4 is 17.7 Å². The normalized spacial score (nSPS) is 17.4. The summed E-state index contributed by atoms with van der Waals surface area (Å²) in [5.74, 6) is 1.98. The van der Waals surface area contributed by atoms with Crippen molar-refractivity contribution in [1.29, 1.82) is 0 Å². The molecule has 0 spiro atoms. The average Bonchev–Trinajstić information content (AvgIpc) is 2.34. The Hall–Kier alpha value is -0.220. The minimum absolute atomic E-state index is 0.329. The molecule has 1 rings (SSSR count). The van der Waals surface area contributed by atoms with Gasteiger partial charge in [0, 0.05) is 25.3 Å². The van der Waals surface area contributed by atoms with Gasteiger partial charge < -0.3 is 10.2 Å². The molecule has 0 aromatic carbocycles. The highest BCUT2D eigenvalue weighted by atomic mass is 32.2. The van der Waals surface area contributed by atoms with Crippen molar-refractivity contribution in [2.24, 2.45) is 5.92 Å². The maximum absolute atomic E-state index is 11.9. The number of thioether (sulfide) groups is 1. The number of amides is 1. The average molecular weight is 244 g/mol. The van der Waals surface area contributed by atoms with Crippen molar-refractivity contribution < 1.29 is 4.79 Å². The molecule has 1 aliphatic rings. The largest absolute Gasteiger partial charge is 0.343 e. The van der Waals surface area contributed by atoms with Gasteiger partial charge in [-0.25, -0.2) is 0 Å². The molecule has 0 radical (unpaired) electrons. The van der Waals surface area contributed by atoms with Gasteiger partial charge in [-0.1, -0.05) is 0 Å². The summed E-state index contributed by atoms with van der Waals surface area (Å²) in [5.41, 5.74) is 0. The second kappa shape index (κ2) is 7.96. The van der Waals surface area contributed by atoms with E-state index in [0.29, 0.717) is 18.2 Å². The summed E-state index contributed by atoms with van der Waals surface area (Å²) >= 11 is 1.75. The lowest BCUT2D eigenvalue weighted by molar-refractivity contribution is -0.131. The molecule has 1 amide bonds. The van der Waals surface area contributed by atoms with E-state index in [1.807, 2.05) is 4.90 Å². The van der Waals surface area contributed by atoms with E-state index in [0.717, 1.165) is 31.9 Å². The summed E-state index contributed by atoms with van der Waals surface area (Å²) in [6, 6.07) is 0. The molecule has 0 bridgehead atoms. The van der Waals surface area contributed by atoms with Crippen molar-refractivity contribution in [2.45, 2.75) is 26.2 Å². The van der Waals surface area contributed by atoms with Crippen LogP contribution in [0.5, 0.6) is 0 Å². The predicted molar refractivity (Wildman–Crippen MR) is 70.8 cm³/mol. The van der Waals surface area contributed by atoms with Crippen LogP contribution in [0.2, 0.25) is 0 Å². The standard InChI is InChI=1S/C12H24N2OS/c1-3-14(12(15)6-9-16-2)10-11-4-7-13-8-5-11/h11,13H,3-10H2,1-2H3. The van der Waals surface area contributed by atoms with Gasteiger partial charge in [-0.05, 0) is 45.0 Å². The zero-order chi connectivity index (χ0) is 11.8. The van der Waals surface area contributed by atoms with Crippen molar-refractivity contribution in [3.05, 3.63) is 0 Å². The first kappa shape index (κ1) is 13.8. The predicted octanol–water partition coefficient (Wildman–Crippen LogP) is 1.59. The molecule has 0 saturated carbocycles. The van der Waals surface area contributed by atoms with Crippen molar-refractivity contribution in [3.8, 4) is 0 Å². The molecule has 0 aromatic heterocycles. The van der Waals surface area contributed by atoms with Gasteiger partial charge in [0.25, 0.3) is 0 Å². The number of hydrogen-bond donors (Lipinski definition) is 1. The summed E-state index contributed by atoms with van der Waals surface area (Å²) < 4.78 is 0. The fourth-order valence-corrected chi connectivity index (χ4v) is 2.51. The number of nitrogens with one attached hydrogen (secondary N) is 1. The Morgan fingerprint density at radius 2 is 2.12 bits per heavy atom. The lowest BCUT2D eigenvalue weighted by atomic mass is 9.97. The fourth-order valence-electron chi connectivity index (χ4n) is 2.13. The van der Waals surface area contributed by atoms with Crippen molar-refractivity contribution in [3.63, 3.8) is 0 Å². The number of piperidine rings is 1. The molecule has 94 valence electrons. The molecule has 0 unspecified atom stereocenters. The van der Waals surface area contributed by atoms with Crippen molar-refractivity contribution in [1.82, 2.24) is 10.2 Å². The number of nitrogens with zero attached hydrogens (tertiary/aromatic N) is 1. The SMILES string of the molecule is CCN(CC1CCNCC1)C(=O)CCSC. The van der Waals surface area contributed by atoms with Gasteiger partial charge in [0.2, 0.25) is 5.91 Å². The maximum Gasteiger partial charge on any atom is 0.223 e. The van der Waals surface area contributed by atoms with E-state index < -0.39 is 0 Å². The summed E-state index contributed by atoms with van der Waals surface area (Å²) in [6.07, 6.45) is 5.18. The first-order valence-corrected chi connectivity index (χ1v) is 7.64. The smallest absolute Gasteiger partial charge is 0.223 e. The number of carbonyl (C=O) groups is 1. The minimum atomic E-state index is 0.329. The molecule has 3 nitrogen and oxygen atoms in total. The molecule has 0 atom stereocenters. The highest BCUT2D eigenvalue weighted by molar-refractivity contribution is 7.98. The lowest BCUT2D eigenvalue weighted by Gasteiger charge is -2.29. The van der Waals surface area contributed by atoms with E-state index in [1.165, 1.54) is 12.8 Å². The third-order valence-corrected chi connectivity index (χ3v) is 3.80. The Labute approximate surface area is 103 Å². The van der Waals surface area contributed by atoms with Crippen LogP contribution in [0.3, 0.4) is 0 Å². The molecule has 0 aromatic rings. The highest BCUT2D eigenvalue weighted by Gasteiger charge is 2.19. The Morgan fingerprint density at radius 1 is 1.44 bits per heavy atom. The first-order chi connectivity index (χ1) is 7.77. The van der Waals surface area contributed by atoms with Gasteiger partial charge >= 0.3 is 0 Å². The van der Waals surface area contributed by atoms with Gasteiger partial charge in [0.1, 0.15) is 0 Å². The van der Waals surface area contributed by atoms with Crippen LogP contribution in [0.25, 0.3) is 0 Å². The van der Waals surface area contributed by atoms with Crippen LogP contribution in [0.1, 0.15) is 26.2 Å². The van der Waals surface area contributed by atoms with E-state index >= 15 is 0 Å². The van der Waals surface area contributed by atoms with E-state index in [-0.39, 0.29) is 0 Å². The Bertz CT molecular complexity index is 205. The molecule has 16 heavy (non-hydrogen) atoms. The van der Waals surface area contributed by atoms with Crippen LogP contribution < -0.4 is 5.32 Å². The fraction of sp³-hybridized carbons (Fsp3) is 0.917. The second-order valence-corrected chi connectivity index (χ2v) is 5.35. The van der Waals surface area contributed by atoms with E-state index in [2.05, 4.69) is 18.5 Å². The summed E-state index contributed by atoms with van der Waals surface area (Å²) in [5, 5.41) is 3.36. The van der Waals surface area contributed by atoms with Crippen LogP contribution >= 0.6 is 11.8 Å². The van der Waals surface area contributed by atoms with Gasteiger partial charge in [-0.15, -0.1) is 0 Å². The van der Waals surface area contributed by atoms with Crippen LogP contribution in [-0.2, 0) is 4.79 Å². The second-order valence-electron chi connectivity index (χ2n) is 4.37. The van der Waals surface area contributed by atoms with Crippen LogP contribution in [0.15, 0.2) is 0 Å². The minimum Gasteiger partial charge on any atom is -0.343 e. The topological polar surface area (TPSA) is 32.3 Å². The van der Waals surface area contributed by atoms with Crippen LogP contribution in [-0.4, -0.2) is 49.0 Å². The van der Waals surface area contributed by atoms with Gasteiger partial charge in [0.05, 0.1) is 0 Å². The molecular formula is C12H24N2OS. The molecule has 1 saturated heterocycles. The van der Waals surface area contributed by atoms with E-state index in [4.69, 9.17) is 0 Å². The zero-order valence-corrected chi connectivity index (χ0v) is 11.3. The van der Waals surface area contributed by atoms with Gasteiger partial charge in [0.15, 0.2) is 0 Å². The Balaban J connectivity index is 2.31. The Morgan fingerprint density at radius 3 is 2.69 bits per heavy atom. The van der Waals surface area contributed by atoms with Crippen LogP contribution in [0.4, 0.5) is 0 Å². The summed E-state index contributed by atoms with van der Waals surface area (Å²) in [7, 11) is 0. The quantitative estimate of drug-likeness (QED) is 0.770. The number of rotatable bonds is 6. The monoisotopic (exact) mass is 244 g/mol. The highest BCUT2D eigenvalue weighted by Crippen LogP contribution is 2.14. The number of hydrogen-bond acceptors (Lipinski definition) is 3. The summed E-state index contributed by atoms with van der Waals surface area (Å²) in [4.78, 5) is 13.9. The van der Waals surface area contributed by atoms with E-state index in [1.54, 1.807) is 11.8 Å². The molecule has 1 N–H and O–H groups in total. The molecule has 1 fully saturated rings. The van der Waals surface area contributed by atoms with Gasteiger partial charge in [-0.3, -0.25) is 4.79 Å². The third-order valence-electron chi connectivity index (χ3n) is 3.19. The molecule has 1 aliphatic heterocycles. The van der Waals surface area contributed by atoms with Gasteiger partial charge in [-0.2, -0.15) is 11.8 Å². The Kier molecular flexibility index (Phi) is 6.88. The van der Waals surface area contributed by atoms with Crippen molar-refractivity contribution in [2.75, 3.05) is 38.2 Å². The lowest BCUT2D eigenvalue weighted by Crippen LogP contribution is -2.39. The maximum atomic E-state index is 11.9. The molecular weight excluding hydrogens is 220 g/mol. The first-order valence-electron chi connectivity index (χ1n) is 6.25. The zero-order valence-electron chi connectivity index (χ0n) is 10.5. The number of carbonyl (C=O) groups excluding carboxylic acids is 1. The third kappa shape index (κ3) is 4.74. The van der Waals surface area contributed by atoms with E-state index in [9.17, 15) is 4.79 Å². The molecule has 0 aliphatic carbocycles. The summed E-state index contributed by atoms with van der Waals surface area (Å²) in [6.45, 7) is 6.13.